The predicted molar refractivity (Wildman–Crippen MR) is 172 cm³/mol. The van der Waals surface area contributed by atoms with E-state index in [0.717, 1.165) is 81.8 Å². The molecular formula is C36H37N4O2+. The molecule has 0 saturated carbocycles. The van der Waals surface area contributed by atoms with Crippen LogP contribution in [0.5, 0.6) is 0 Å². The Morgan fingerprint density at radius 3 is 2.12 bits per heavy atom. The predicted octanol–water partition coefficient (Wildman–Crippen LogP) is 7.89. The van der Waals surface area contributed by atoms with Gasteiger partial charge in [0.1, 0.15) is 24.4 Å². The van der Waals surface area contributed by atoms with Gasteiger partial charge < -0.3 is 13.7 Å². The molecule has 0 N–H and O–H groups in total. The number of fused-ring (bicyclic) bond motifs is 2. The van der Waals surface area contributed by atoms with E-state index in [1.165, 1.54) is 5.56 Å². The maximum atomic E-state index is 6.68. The lowest BCUT2D eigenvalue weighted by Gasteiger charge is -2.22. The van der Waals surface area contributed by atoms with Crippen molar-refractivity contribution in [2.45, 2.75) is 34.6 Å². The average Bonchev–Trinajstić information content (AvgIpc) is 3.51. The molecule has 0 amide bonds. The molecule has 0 bridgehead atoms. The molecule has 212 valence electrons. The third kappa shape index (κ3) is 4.98. The van der Waals surface area contributed by atoms with Gasteiger partial charge in [0.25, 0.3) is 0 Å². The fourth-order valence-corrected chi connectivity index (χ4v) is 5.76. The molecule has 0 saturated heterocycles. The van der Waals surface area contributed by atoms with Crippen molar-refractivity contribution in [3.05, 3.63) is 95.8 Å². The molecule has 0 spiro atoms. The van der Waals surface area contributed by atoms with Gasteiger partial charge in [0, 0.05) is 58.5 Å². The van der Waals surface area contributed by atoms with Crippen molar-refractivity contribution in [2.75, 3.05) is 31.1 Å². The highest BCUT2D eigenvalue weighted by atomic mass is 16.4. The van der Waals surface area contributed by atoms with E-state index in [2.05, 4.69) is 121 Å². The van der Waals surface area contributed by atoms with Gasteiger partial charge in [0.2, 0.25) is 17.1 Å². The van der Waals surface area contributed by atoms with Crippen LogP contribution >= 0.6 is 0 Å². The number of rotatable bonds is 8. The van der Waals surface area contributed by atoms with E-state index in [1.54, 1.807) is 0 Å². The first-order chi connectivity index (χ1) is 20.5. The number of aryl methyl sites for hydroxylation is 1. The van der Waals surface area contributed by atoms with Crippen LogP contribution in [0.4, 0.5) is 5.69 Å². The van der Waals surface area contributed by atoms with Crippen LogP contribution in [-0.2, 0) is 0 Å². The molecule has 6 heteroatoms. The molecule has 6 rings (SSSR count). The lowest BCUT2D eigenvalue weighted by molar-refractivity contribution is 0.584. The molecule has 0 radical (unpaired) electrons. The van der Waals surface area contributed by atoms with Crippen LogP contribution in [0.15, 0.2) is 93.8 Å². The van der Waals surface area contributed by atoms with Gasteiger partial charge >= 0.3 is 0 Å². The minimum atomic E-state index is 0.489. The molecule has 1 aliphatic heterocycles. The highest BCUT2D eigenvalue weighted by Crippen LogP contribution is 2.44. The topological polar surface area (TPSA) is 58.3 Å². The Bertz CT molecular complexity index is 1890. The molecular weight excluding hydrogens is 520 g/mol. The monoisotopic (exact) mass is 557 g/mol. The maximum absolute atomic E-state index is 6.68. The first-order valence-corrected chi connectivity index (χ1v) is 14.9. The van der Waals surface area contributed by atoms with Crippen LogP contribution in [0, 0.1) is 6.92 Å². The molecule has 1 aliphatic carbocycles. The molecule has 1 aromatic heterocycles. The van der Waals surface area contributed by atoms with Gasteiger partial charge in [0.15, 0.2) is 0 Å². The fraction of sp³-hybridized carbons (Fsp3) is 0.250. The quantitative estimate of drug-likeness (QED) is 0.141. The normalized spacial score (nSPS) is 11.4. The lowest BCUT2D eigenvalue weighted by atomic mass is 9.90. The Labute approximate surface area is 246 Å². The first-order valence-electron chi connectivity index (χ1n) is 14.9. The van der Waals surface area contributed by atoms with Crippen molar-refractivity contribution >= 4 is 16.7 Å². The smallest absolute Gasteiger partial charge is 0.248 e. The molecule has 6 nitrogen and oxygen atoms in total. The number of hydrogen-bond acceptors (Lipinski definition) is 5. The van der Waals surface area contributed by atoms with Crippen molar-refractivity contribution in [1.29, 1.82) is 0 Å². The van der Waals surface area contributed by atoms with E-state index in [0.29, 0.717) is 11.8 Å². The van der Waals surface area contributed by atoms with Gasteiger partial charge in [-0.3, -0.25) is 0 Å². The van der Waals surface area contributed by atoms with E-state index in [1.807, 2.05) is 18.2 Å². The first kappa shape index (κ1) is 27.5. The van der Waals surface area contributed by atoms with Crippen LogP contribution in [0.1, 0.15) is 33.3 Å². The zero-order chi connectivity index (χ0) is 29.2. The molecule has 0 unspecified atom stereocenters. The summed E-state index contributed by atoms with van der Waals surface area (Å²) in [5.74, 6) is 1.84. The van der Waals surface area contributed by atoms with Gasteiger partial charge in [-0.15, -0.1) is 10.2 Å². The Morgan fingerprint density at radius 2 is 1.40 bits per heavy atom. The average molecular weight is 558 g/mol. The van der Waals surface area contributed by atoms with Crippen molar-refractivity contribution < 1.29 is 8.83 Å². The van der Waals surface area contributed by atoms with Crippen molar-refractivity contribution in [2.24, 2.45) is 0 Å². The molecule has 0 fully saturated rings. The summed E-state index contributed by atoms with van der Waals surface area (Å²) in [7, 11) is 0. The van der Waals surface area contributed by atoms with Gasteiger partial charge in [-0.25, -0.2) is 4.58 Å². The molecule has 42 heavy (non-hydrogen) atoms. The minimum absolute atomic E-state index is 0.489. The minimum Gasteiger partial charge on any atom is -0.456 e. The SMILES string of the molecule is CCN(CC)c1ccc2c(-c3ccccc3-c3nnc(-c4ccc(C)cc4)o3)c3ccc(=[N+](CC)CC)cc-3oc2c1. The van der Waals surface area contributed by atoms with E-state index in [4.69, 9.17) is 8.83 Å². The highest BCUT2D eigenvalue weighted by molar-refractivity contribution is 6.05. The van der Waals surface area contributed by atoms with Gasteiger partial charge in [-0.05, 0) is 76.6 Å². The van der Waals surface area contributed by atoms with Crippen LogP contribution in [0.3, 0.4) is 0 Å². The number of benzene rings is 4. The number of hydrogen-bond donors (Lipinski definition) is 0. The summed E-state index contributed by atoms with van der Waals surface area (Å²) in [6.07, 6.45) is 0. The Morgan fingerprint density at radius 1 is 0.690 bits per heavy atom. The van der Waals surface area contributed by atoms with Crippen LogP contribution < -0.4 is 14.8 Å². The van der Waals surface area contributed by atoms with Crippen LogP contribution in [-0.4, -0.2) is 36.4 Å². The van der Waals surface area contributed by atoms with E-state index < -0.39 is 0 Å². The van der Waals surface area contributed by atoms with E-state index in [-0.39, 0.29) is 0 Å². The molecule has 4 aromatic rings. The fourth-order valence-electron chi connectivity index (χ4n) is 5.76. The zero-order valence-electron chi connectivity index (χ0n) is 25.0. The second-order valence-corrected chi connectivity index (χ2v) is 10.5. The van der Waals surface area contributed by atoms with E-state index in [9.17, 15) is 0 Å². The Balaban J connectivity index is 1.61. The lowest BCUT2D eigenvalue weighted by Crippen LogP contribution is -2.29. The second-order valence-electron chi connectivity index (χ2n) is 10.5. The maximum Gasteiger partial charge on any atom is 0.248 e. The zero-order valence-corrected chi connectivity index (χ0v) is 25.0. The standard InChI is InChI=1S/C36H37N4O2/c1-6-39(7-2)26-18-20-30-32(22-26)41-33-23-27(40(8-3)9-4)19-21-31(33)34(30)28-12-10-11-13-29(28)36-38-37-35(42-36)25-16-14-24(5)15-17-25/h10-23H,6-9H2,1-5H3/q+1. The van der Waals surface area contributed by atoms with E-state index >= 15 is 0 Å². The largest absolute Gasteiger partial charge is 0.456 e. The van der Waals surface area contributed by atoms with Crippen LogP contribution in [0.2, 0.25) is 0 Å². The van der Waals surface area contributed by atoms with Crippen molar-refractivity contribution in [1.82, 2.24) is 14.8 Å². The molecule has 2 heterocycles. The Hall–Kier alpha value is -4.71. The third-order valence-electron chi connectivity index (χ3n) is 8.10. The summed E-state index contributed by atoms with van der Waals surface area (Å²) >= 11 is 0. The van der Waals surface area contributed by atoms with Gasteiger partial charge in [0.05, 0.1) is 6.07 Å². The summed E-state index contributed by atoms with van der Waals surface area (Å²) in [4.78, 5) is 2.34. The summed E-state index contributed by atoms with van der Waals surface area (Å²) in [6, 6.07) is 29.5. The van der Waals surface area contributed by atoms with Crippen molar-refractivity contribution in [3.8, 4) is 45.4 Å². The van der Waals surface area contributed by atoms with Gasteiger partial charge in [-0.2, -0.15) is 0 Å². The molecule has 3 aromatic carbocycles. The number of nitrogens with zero attached hydrogens (tertiary/aromatic N) is 4. The highest BCUT2D eigenvalue weighted by Gasteiger charge is 2.23. The van der Waals surface area contributed by atoms with Crippen molar-refractivity contribution in [3.63, 3.8) is 0 Å². The second kappa shape index (κ2) is 11.6. The number of anilines is 1. The van der Waals surface area contributed by atoms with Crippen LogP contribution in [0.25, 0.3) is 56.3 Å². The van der Waals surface area contributed by atoms with Gasteiger partial charge in [-0.1, -0.05) is 35.9 Å². The third-order valence-corrected chi connectivity index (χ3v) is 8.10. The summed E-state index contributed by atoms with van der Waals surface area (Å²) in [6.45, 7) is 14.5. The molecule has 0 atom stereocenters. The summed E-state index contributed by atoms with van der Waals surface area (Å²) in [5, 5.41) is 11.1. The summed E-state index contributed by atoms with van der Waals surface area (Å²) in [5.41, 5.74) is 8.12. The molecule has 2 aliphatic rings. The Kier molecular flexibility index (Phi) is 7.62. The number of aromatic nitrogens is 2. The summed E-state index contributed by atoms with van der Waals surface area (Å²) < 4.78 is 15.3.